The molecule has 1 aromatic heterocycles. The Hall–Kier alpha value is -3.48. The van der Waals surface area contributed by atoms with Gasteiger partial charge < -0.3 is 5.32 Å². The first-order valence-electron chi connectivity index (χ1n) is 8.77. The Labute approximate surface area is 155 Å². The minimum absolute atomic E-state index is 0.0653. The van der Waals surface area contributed by atoms with Gasteiger partial charge in [-0.25, -0.2) is 4.68 Å². The highest BCUT2D eigenvalue weighted by Crippen LogP contribution is 2.31. The van der Waals surface area contributed by atoms with Crippen molar-refractivity contribution in [3.05, 3.63) is 81.0 Å². The van der Waals surface area contributed by atoms with Crippen LogP contribution in [0.1, 0.15) is 33.6 Å². The molecular weight excluding hydrogens is 344 g/mol. The molecule has 7 heteroatoms. The summed E-state index contributed by atoms with van der Waals surface area (Å²) in [4.78, 5) is 23.5. The van der Waals surface area contributed by atoms with Gasteiger partial charge in [-0.3, -0.25) is 14.9 Å². The molecule has 0 aliphatic heterocycles. The highest BCUT2D eigenvalue weighted by atomic mass is 16.6. The maximum Gasteiger partial charge on any atom is 0.273 e. The van der Waals surface area contributed by atoms with Crippen LogP contribution in [0.15, 0.2) is 48.5 Å². The number of aryl methyl sites for hydroxylation is 2. The Morgan fingerprint density at radius 2 is 1.96 bits per heavy atom. The average molecular weight is 362 g/mol. The van der Waals surface area contributed by atoms with Gasteiger partial charge in [-0.1, -0.05) is 24.3 Å². The highest BCUT2D eigenvalue weighted by molar-refractivity contribution is 6.05. The molecule has 0 unspecified atom stereocenters. The van der Waals surface area contributed by atoms with Crippen molar-refractivity contribution in [2.24, 2.45) is 0 Å². The van der Waals surface area contributed by atoms with E-state index in [0.29, 0.717) is 11.4 Å². The number of nitrogens with one attached hydrogen (secondary N) is 1. The van der Waals surface area contributed by atoms with E-state index in [1.54, 1.807) is 23.7 Å². The number of benzene rings is 2. The summed E-state index contributed by atoms with van der Waals surface area (Å²) >= 11 is 0. The predicted octanol–water partition coefficient (Wildman–Crippen LogP) is 3.83. The van der Waals surface area contributed by atoms with Crippen LogP contribution in [0.2, 0.25) is 0 Å². The monoisotopic (exact) mass is 362 g/mol. The number of nitrogens with zero attached hydrogens (tertiary/aromatic N) is 3. The van der Waals surface area contributed by atoms with Gasteiger partial charge >= 0.3 is 0 Å². The fourth-order valence-corrected chi connectivity index (χ4v) is 3.40. The molecule has 0 radical (unpaired) electrons. The third-order valence-electron chi connectivity index (χ3n) is 4.81. The van der Waals surface area contributed by atoms with Crippen molar-refractivity contribution in [3.63, 3.8) is 0 Å². The molecule has 0 bridgehead atoms. The van der Waals surface area contributed by atoms with Gasteiger partial charge in [0.25, 0.3) is 11.6 Å². The number of anilines is 1. The minimum Gasteiger partial charge on any atom is -0.306 e. The third kappa shape index (κ3) is 3.08. The van der Waals surface area contributed by atoms with Gasteiger partial charge in [0.05, 0.1) is 16.3 Å². The lowest BCUT2D eigenvalue weighted by Crippen LogP contribution is -2.16. The first-order chi connectivity index (χ1) is 13.0. The molecule has 7 nitrogen and oxygen atoms in total. The van der Waals surface area contributed by atoms with Gasteiger partial charge in [0.2, 0.25) is 0 Å². The van der Waals surface area contributed by atoms with Crippen molar-refractivity contribution in [2.45, 2.75) is 26.2 Å². The Morgan fingerprint density at radius 1 is 1.19 bits per heavy atom. The van der Waals surface area contributed by atoms with Crippen LogP contribution in [-0.4, -0.2) is 20.6 Å². The second kappa shape index (κ2) is 6.68. The molecule has 4 rings (SSSR count). The number of carbonyl (C=O) groups is 1. The van der Waals surface area contributed by atoms with Gasteiger partial charge in [-0.2, -0.15) is 5.10 Å². The largest absolute Gasteiger partial charge is 0.306 e. The number of hydrogen-bond donors (Lipinski definition) is 1. The SMILES string of the molecule is Cc1ccc(C(=O)Nc2c3c(nn2-c2ccccc2)CCC3)cc1[N+](=O)[O-]. The quantitative estimate of drug-likeness (QED) is 0.564. The molecule has 3 aromatic rings. The Kier molecular flexibility index (Phi) is 4.19. The van der Waals surface area contributed by atoms with Crippen LogP contribution in [0.5, 0.6) is 0 Å². The van der Waals surface area contributed by atoms with E-state index < -0.39 is 4.92 Å². The van der Waals surface area contributed by atoms with Crippen LogP contribution in [0, 0.1) is 17.0 Å². The zero-order valence-electron chi connectivity index (χ0n) is 14.8. The number of fused-ring (bicyclic) bond motifs is 1. The minimum atomic E-state index is -0.474. The van der Waals surface area contributed by atoms with Crippen molar-refractivity contribution in [3.8, 4) is 5.69 Å². The summed E-state index contributed by atoms with van der Waals surface area (Å²) in [6.45, 7) is 1.65. The number of nitro groups is 1. The van der Waals surface area contributed by atoms with E-state index in [4.69, 9.17) is 0 Å². The van der Waals surface area contributed by atoms with Gasteiger partial charge in [-0.15, -0.1) is 0 Å². The number of para-hydroxylation sites is 1. The summed E-state index contributed by atoms with van der Waals surface area (Å²) in [5.41, 5.74) is 3.59. The van der Waals surface area contributed by atoms with Crippen LogP contribution in [0.4, 0.5) is 11.5 Å². The number of amides is 1. The van der Waals surface area contributed by atoms with Gasteiger partial charge in [-0.05, 0) is 44.4 Å². The first kappa shape index (κ1) is 17.0. The lowest BCUT2D eigenvalue weighted by Gasteiger charge is -2.11. The normalized spacial score (nSPS) is 12.6. The van der Waals surface area contributed by atoms with E-state index in [9.17, 15) is 14.9 Å². The van der Waals surface area contributed by atoms with Crippen LogP contribution in [-0.2, 0) is 12.8 Å². The molecule has 0 spiro atoms. The number of nitro benzene ring substituents is 1. The van der Waals surface area contributed by atoms with Crippen molar-refractivity contribution < 1.29 is 9.72 Å². The van der Waals surface area contributed by atoms with E-state index in [2.05, 4.69) is 10.4 Å². The lowest BCUT2D eigenvalue weighted by molar-refractivity contribution is -0.385. The zero-order chi connectivity index (χ0) is 19.0. The topological polar surface area (TPSA) is 90.1 Å². The number of hydrogen-bond acceptors (Lipinski definition) is 4. The van der Waals surface area contributed by atoms with E-state index in [0.717, 1.165) is 36.2 Å². The summed E-state index contributed by atoms with van der Waals surface area (Å²) in [6, 6.07) is 14.1. The zero-order valence-corrected chi connectivity index (χ0v) is 14.8. The Balaban J connectivity index is 1.72. The molecule has 1 heterocycles. The Bertz CT molecular complexity index is 1040. The predicted molar refractivity (Wildman–Crippen MR) is 101 cm³/mol. The second-order valence-electron chi connectivity index (χ2n) is 6.59. The fraction of sp³-hybridized carbons (Fsp3) is 0.200. The van der Waals surface area contributed by atoms with Crippen molar-refractivity contribution in [1.29, 1.82) is 0 Å². The fourth-order valence-electron chi connectivity index (χ4n) is 3.40. The molecule has 136 valence electrons. The first-order valence-corrected chi connectivity index (χ1v) is 8.77. The molecule has 1 aliphatic rings. The number of rotatable bonds is 4. The maximum atomic E-state index is 12.8. The molecule has 1 aliphatic carbocycles. The van der Waals surface area contributed by atoms with Crippen LogP contribution in [0.25, 0.3) is 5.69 Å². The summed E-state index contributed by atoms with van der Waals surface area (Å²) in [6.07, 6.45) is 2.74. The molecule has 2 aromatic carbocycles. The van der Waals surface area contributed by atoms with Crippen molar-refractivity contribution >= 4 is 17.4 Å². The second-order valence-corrected chi connectivity index (χ2v) is 6.59. The summed E-state index contributed by atoms with van der Waals surface area (Å²) in [7, 11) is 0. The van der Waals surface area contributed by atoms with Crippen LogP contribution < -0.4 is 5.32 Å². The molecule has 1 N–H and O–H groups in total. The molecule has 0 saturated heterocycles. The molecule has 0 saturated carbocycles. The summed E-state index contributed by atoms with van der Waals surface area (Å²) in [5.74, 6) is 0.256. The van der Waals surface area contributed by atoms with Crippen molar-refractivity contribution in [1.82, 2.24) is 9.78 Å². The van der Waals surface area contributed by atoms with Crippen LogP contribution in [0.3, 0.4) is 0 Å². The average Bonchev–Trinajstić information content (AvgIpc) is 3.25. The summed E-state index contributed by atoms with van der Waals surface area (Å²) < 4.78 is 1.74. The van der Waals surface area contributed by atoms with Gasteiger partial charge in [0, 0.05) is 22.8 Å². The smallest absolute Gasteiger partial charge is 0.273 e. The lowest BCUT2D eigenvalue weighted by atomic mass is 10.1. The molecule has 27 heavy (non-hydrogen) atoms. The highest BCUT2D eigenvalue weighted by Gasteiger charge is 2.25. The molecule has 0 fully saturated rings. The molecular formula is C20H18N4O3. The van der Waals surface area contributed by atoms with E-state index in [1.807, 2.05) is 30.3 Å². The Morgan fingerprint density at radius 3 is 2.70 bits per heavy atom. The standard InChI is InChI=1S/C20H18N4O3/c1-13-10-11-14(12-18(13)24(26)27)20(25)21-19-16-8-5-9-17(16)22-23(19)15-6-3-2-4-7-15/h2-4,6-7,10-12H,5,8-9H2,1H3,(H,21,25). The number of carbonyl (C=O) groups excluding carboxylic acids is 1. The van der Waals surface area contributed by atoms with Gasteiger partial charge in [0.1, 0.15) is 5.82 Å². The number of aromatic nitrogens is 2. The van der Waals surface area contributed by atoms with Crippen LogP contribution >= 0.6 is 0 Å². The van der Waals surface area contributed by atoms with Gasteiger partial charge in [0.15, 0.2) is 0 Å². The van der Waals surface area contributed by atoms with E-state index in [-0.39, 0.29) is 17.2 Å². The van der Waals surface area contributed by atoms with E-state index in [1.165, 1.54) is 6.07 Å². The summed E-state index contributed by atoms with van der Waals surface area (Å²) in [5, 5.41) is 18.8. The maximum absolute atomic E-state index is 12.8. The van der Waals surface area contributed by atoms with Crippen molar-refractivity contribution in [2.75, 3.05) is 5.32 Å². The third-order valence-corrected chi connectivity index (χ3v) is 4.81. The molecule has 0 atom stereocenters. The van der Waals surface area contributed by atoms with E-state index >= 15 is 0 Å². The molecule has 1 amide bonds.